The number of hydrogen-bond acceptors (Lipinski definition) is 4. The molecule has 13 heavy (non-hydrogen) atoms. The first-order valence-electron chi connectivity index (χ1n) is 4.40. The SMILES string of the molecule is CCCn1c2c(cnc1=S)NCN2. The molecule has 0 spiro atoms. The number of hydrogen-bond donors (Lipinski definition) is 2. The van der Waals surface area contributed by atoms with Gasteiger partial charge in [-0.2, -0.15) is 0 Å². The van der Waals surface area contributed by atoms with Gasteiger partial charge in [-0.05, 0) is 18.6 Å². The maximum atomic E-state index is 5.14. The van der Waals surface area contributed by atoms with Crippen molar-refractivity contribution in [3.05, 3.63) is 11.0 Å². The zero-order valence-electron chi connectivity index (χ0n) is 7.50. The highest BCUT2D eigenvalue weighted by molar-refractivity contribution is 7.71. The minimum absolute atomic E-state index is 0.650. The van der Waals surface area contributed by atoms with E-state index in [9.17, 15) is 0 Å². The van der Waals surface area contributed by atoms with Gasteiger partial charge in [-0.3, -0.25) is 0 Å². The van der Waals surface area contributed by atoms with Crippen LogP contribution in [0.5, 0.6) is 0 Å². The van der Waals surface area contributed by atoms with E-state index < -0.39 is 0 Å². The summed E-state index contributed by atoms with van der Waals surface area (Å²) >= 11 is 5.14. The summed E-state index contributed by atoms with van der Waals surface area (Å²) in [4.78, 5) is 4.14. The van der Waals surface area contributed by atoms with E-state index in [1.165, 1.54) is 0 Å². The van der Waals surface area contributed by atoms with Crippen LogP contribution in [0.25, 0.3) is 0 Å². The molecule has 1 aromatic heterocycles. The van der Waals surface area contributed by atoms with Crippen LogP contribution in [0.3, 0.4) is 0 Å². The molecule has 0 aliphatic carbocycles. The predicted octanol–water partition coefficient (Wildman–Crippen LogP) is 1.82. The molecule has 0 saturated carbocycles. The van der Waals surface area contributed by atoms with E-state index in [0.29, 0.717) is 4.77 Å². The lowest BCUT2D eigenvalue weighted by Gasteiger charge is -2.09. The predicted molar refractivity (Wildman–Crippen MR) is 55.5 cm³/mol. The van der Waals surface area contributed by atoms with Crippen LogP contribution in [0.1, 0.15) is 13.3 Å². The lowest BCUT2D eigenvalue weighted by Crippen LogP contribution is -2.07. The van der Waals surface area contributed by atoms with Gasteiger partial charge in [-0.25, -0.2) is 4.98 Å². The Hall–Kier alpha value is -1.10. The van der Waals surface area contributed by atoms with Crippen LogP contribution in [0.2, 0.25) is 0 Å². The van der Waals surface area contributed by atoms with Gasteiger partial charge in [-0.15, -0.1) is 0 Å². The van der Waals surface area contributed by atoms with E-state index in [4.69, 9.17) is 12.2 Å². The molecule has 2 rings (SSSR count). The Labute approximate surface area is 82.0 Å². The molecule has 0 bridgehead atoms. The molecule has 1 aromatic rings. The second-order valence-corrected chi connectivity index (χ2v) is 3.35. The number of fused-ring (bicyclic) bond motifs is 1. The Bertz CT molecular complexity index is 371. The Kier molecular flexibility index (Phi) is 2.18. The normalized spacial score (nSPS) is 13.3. The number of nitrogens with one attached hydrogen (secondary N) is 2. The van der Waals surface area contributed by atoms with Crippen LogP contribution in [0.4, 0.5) is 11.5 Å². The molecule has 0 unspecified atom stereocenters. The largest absolute Gasteiger partial charge is 0.364 e. The van der Waals surface area contributed by atoms with Crippen molar-refractivity contribution in [2.75, 3.05) is 17.3 Å². The van der Waals surface area contributed by atoms with E-state index in [2.05, 4.69) is 22.5 Å². The molecule has 70 valence electrons. The average Bonchev–Trinajstić information content (AvgIpc) is 2.58. The topological polar surface area (TPSA) is 41.9 Å². The fourth-order valence-electron chi connectivity index (χ4n) is 1.47. The smallest absolute Gasteiger partial charge is 0.201 e. The first-order chi connectivity index (χ1) is 6.33. The zero-order chi connectivity index (χ0) is 9.26. The highest BCUT2D eigenvalue weighted by Gasteiger charge is 2.12. The lowest BCUT2D eigenvalue weighted by molar-refractivity contribution is 0.661. The fraction of sp³-hybridized carbons (Fsp3) is 0.500. The van der Waals surface area contributed by atoms with Crippen molar-refractivity contribution in [2.24, 2.45) is 0 Å². The van der Waals surface area contributed by atoms with Crippen LogP contribution < -0.4 is 10.6 Å². The number of aromatic nitrogens is 2. The Morgan fingerprint density at radius 1 is 1.62 bits per heavy atom. The van der Waals surface area contributed by atoms with Crippen LogP contribution in [-0.4, -0.2) is 16.2 Å². The van der Waals surface area contributed by atoms with Gasteiger partial charge in [0.05, 0.1) is 18.6 Å². The van der Waals surface area contributed by atoms with Gasteiger partial charge in [0.25, 0.3) is 0 Å². The summed E-state index contributed by atoms with van der Waals surface area (Å²) in [6.07, 6.45) is 2.85. The maximum absolute atomic E-state index is 5.14. The maximum Gasteiger partial charge on any atom is 0.201 e. The number of nitrogens with zero attached hydrogens (tertiary/aromatic N) is 2. The highest BCUT2D eigenvalue weighted by atomic mass is 32.1. The average molecular weight is 196 g/mol. The van der Waals surface area contributed by atoms with E-state index in [0.717, 1.165) is 31.1 Å². The molecule has 2 heterocycles. The summed E-state index contributed by atoms with van der Waals surface area (Å²) in [6, 6.07) is 0. The van der Waals surface area contributed by atoms with E-state index in [1.807, 2.05) is 4.57 Å². The van der Waals surface area contributed by atoms with Crippen molar-refractivity contribution in [2.45, 2.75) is 19.9 Å². The molecule has 1 aliphatic rings. The first kappa shape index (κ1) is 8.50. The van der Waals surface area contributed by atoms with E-state index in [1.54, 1.807) is 6.20 Å². The monoisotopic (exact) mass is 196 g/mol. The summed E-state index contributed by atoms with van der Waals surface area (Å²) < 4.78 is 2.68. The molecule has 2 N–H and O–H groups in total. The molecule has 0 amide bonds. The second kappa shape index (κ2) is 3.33. The molecule has 0 radical (unpaired) electrons. The standard InChI is InChI=1S/C8H12N4S/c1-2-3-12-7-6(10-5-11-7)4-9-8(12)13/h4,10-11H,2-3,5H2,1H3. The van der Waals surface area contributed by atoms with Crippen LogP contribution in [-0.2, 0) is 6.54 Å². The number of anilines is 2. The number of rotatable bonds is 2. The molecule has 0 saturated heterocycles. The van der Waals surface area contributed by atoms with Gasteiger partial charge >= 0.3 is 0 Å². The van der Waals surface area contributed by atoms with Crippen molar-refractivity contribution in [3.63, 3.8) is 0 Å². The van der Waals surface area contributed by atoms with Gasteiger partial charge in [0, 0.05) is 6.54 Å². The molecular weight excluding hydrogens is 184 g/mol. The third kappa shape index (κ3) is 1.39. The molecule has 1 aliphatic heterocycles. The first-order valence-corrected chi connectivity index (χ1v) is 4.81. The quantitative estimate of drug-likeness (QED) is 0.708. The molecule has 0 aromatic carbocycles. The van der Waals surface area contributed by atoms with Gasteiger partial charge in [0.2, 0.25) is 4.77 Å². The minimum atomic E-state index is 0.650. The molecule has 4 nitrogen and oxygen atoms in total. The summed E-state index contributed by atoms with van der Waals surface area (Å²) in [7, 11) is 0. The Morgan fingerprint density at radius 2 is 2.46 bits per heavy atom. The van der Waals surface area contributed by atoms with E-state index >= 15 is 0 Å². The van der Waals surface area contributed by atoms with Crippen LogP contribution in [0.15, 0.2) is 6.20 Å². The third-order valence-electron chi connectivity index (χ3n) is 2.04. The molecule has 0 fully saturated rings. The van der Waals surface area contributed by atoms with Crippen LogP contribution >= 0.6 is 12.2 Å². The summed E-state index contributed by atoms with van der Waals surface area (Å²) in [6.45, 7) is 3.81. The van der Waals surface area contributed by atoms with Crippen molar-refractivity contribution in [3.8, 4) is 0 Å². The molecule has 5 heteroatoms. The van der Waals surface area contributed by atoms with E-state index in [-0.39, 0.29) is 0 Å². The van der Waals surface area contributed by atoms with Gasteiger partial charge in [-0.1, -0.05) is 6.92 Å². The van der Waals surface area contributed by atoms with Gasteiger partial charge in [0.15, 0.2) is 0 Å². The zero-order valence-corrected chi connectivity index (χ0v) is 8.32. The molecule has 0 atom stereocenters. The third-order valence-corrected chi connectivity index (χ3v) is 2.37. The van der Waals surface area contributed by atoms with Crippen molar-refractivity contribution >= 4 is 23.7 Å². The van der Waals surface area contributed by atoms with Crippen molar-refractivity contribution in [1.82, 2.24) is 9.55 Å². The summed E-state index contributed by atoms with van der Waals surface area (Å²) in [5.41, 5.74) is 1.04. The Morgan fingerprint density at radius 3 is 3.23 bits per heavy atom. The van der Waals surface area contributed by atoms with Gasteiger partial charge < -0.3 is 15.2 Å². The summed E-state index contributed by atoms with van der Waals surface area (Å²) in [5, 5.41) is 6.42. The summed E-state index contributed by atoms with van der Waals surface area (Å²) in [5.74, 6) is 1.07. The molecular formula is C8H12N4S. The van der Waals surface area contributed by atoms with Crippen molar-refractivity contribution in [1.29, 1.82) is 0 Å². The fourth-order valence-corrected chi connectivity index (χ4v) is 1.70. The van der Waals surface area contributed by atoms with Crippen LogP contribution in [0, 0.1) is 4.77 Å². The second-order valence-electron chi connectivity index (χ2n) is 2.99. The Balaban J connectivity index is 2.52. The minimum Gasteiger partial charge on any atom is -0.364 e. The van der Waals surface area contributed by atoms with Crippen molar-refractivity contribution < 1.29 is 0 Å². The van der Waals surface area contributed by atoms with Gasteiger partial charge in [0.1, 0.15) is 5.82 Å². The lowest BCUT2D eigenvalue weighted by atomic mass is 10.4. The highest BCUT2D eigenvalue weighted by Crippen LogP contribution is 2.24.